The number of rotatable bonds is 8. The Morgan fingerprint density at radius 2 is 1.81 bits per heavy atom. The maximum atomic E-state index is 12.3. The molecule has 0 aromatic heterocycles. The predicted molar refractivity (Wildman–Crippen MR) is 96.6 cm³/mol. The lowest BCUT2D eigenvalue weighted by Gasteiger charge is -2.23. The molecule has 0 spiro atoms. The van der Waals surface area contributed by atoms with Crippen LogP contribution in [0.5, 0.6) is 0 Å². The molecule has 0 fully saturated rings. The predicted octanol–water partition coefficient (Wildman–Crippen LogP) is 1.69. The van der Waals surface area contributed by atoms with Crippen molar-refractivity contribution < 1.29 is 27.5 Å². The summed E-state index contributed by atoms with van der Waals surface area (Å²) in [6.45, 7) is 5.12. The third-order valence-corrected chi connectivity index (χ3v) is 3.98. The van der Waals surface area contributed by atoms with Crippen molar-refractivity contribution >= 4 is 22.1 Å². The van der Waals surface area contributed by atoms with Gasteiger partial charge in [0.25, 0.3) is 0 Å². The number of nitrogens with two attached hydrogens (primary N) is 1. The number of alkyl carbamates (subject to hydrolysis) is 1. The molecule has 3 N–H and O–H groups in total. The molecule has 8 nitrogen and oxygen atoms in total. The summed E-state index contributed by atoms with van der Waals surface area (Å²) in [4.78, 5) is 24.2. The first kappa shape index (κ1) is 21.9. The zero-order chi connectivity index (χ0) is 19.8. The summed E-state index contributed by atoms with van der Waals surface area (Å²) in [5.74, 6) is -0.972. The van der Waals surface area contributed by atoms with Crippen LogP contribution in [0.2, 0.25) is 0 Å². The number of hydrogen-bond acceptors (Lipinski definition) is 6. The van der Waals surface area contributed by atoms with E-state index in [0.717, 1.165) is 5.56 Å². The van der Waals surface area contributed by atoms with Crippen LogP contribution < -0.4 is 10.5 Å². The summed E-state index contributed by atoms with van der Waals surface area (Å²) in [6, 6.07) is 8.02. The van der Waals surface area contributed by atoms with Crippen LogP contribution in [0.3, 0.4) is 0 Å². The molecule has 0 saturated heterocycles. The molecular weight excluding hydrogens is 360 g/mol. The van der Waals surface area contributed by atoms with Crippen molar-refractivity contribution in [2.45, 2.75) is 51.9 Å². The lowest BCUT2D eigenvalue weighted by molar-refractivity contribution is -0.147. The van der Waals surface area contributed by atoms with Gasteiger partial charge < -0.3 is 14.8 Å². The molecule has 1 amide bonds. The molecule has 0 heterocycles. The number of carbonyl (C=O) groups is 2. The van der Waals surface area contributed by atoms with Gasteiger partial charge in [0, 0.05) is 0 Å². The van der Waals surface area contributed by atoms with Gasteiger partial charge in [-0.1, -0.05) is 30.3 Å². The number of ether oxygens (including phenoxy) is 2. The molecular formula is C17H26N2O6S. The van der Waals surface area contributed by atoms with E-state index in [4.69, 9.17) is 14.6 Å². The summed E-state index contributed by atoms with van der Waals surface area (Å²) in [7, 11) is -3.65. The van der Waals surface area contributed by atoms with Crippen LogP contribution in [-0.4, -0.2) is 37.9 Å². The number of nitrogens with one attached hydrogen (secondary N) is 1. The van der Waals surface area contributed by atoms with E-state index in [2.05, 4.69) is 5.32 Å². The first-order valence-corrected chi connectivity index (χ1v) is 9.88. The number of sulfonamides is 1. The minimum Gasteiger partial charge on any atom is -0.459 e. The molecule has 0 saturated carbocycles. The Morgan fingerprint density at radius 3 is 2.35 bits per heavy atom. The molecule has 1 aromatic rings. The average Bonchev–Trinajstić information content (AvgIpc) is 2.49. The van der Waals surface area contributed by atoms with E-state index in [1.807, 2.05) is 18.2 Å². The van der Waals surface area contributed by atoms with Crippen LogP contribution in [0.15, 0.2) is 30.3 Å². The molecule has 1 aromatic carbocycles. The quantitative estimate of drug-likeness (QED) is 0.655. The summed E-state index contributed by atoms with van der Waals surface area (Å²) in [5, 5.41) is 7.39. The van der Waals surface area contributed by atoms with E-state index >= 15 is 0 Å². The maximum absolute atomic E-state index is 12.3. The highest BCUT2D eigenvalue weighted by Gasteiger charge is 2.25. The highest BCUT2D eigenvalue weighted by molar-refractivity contribution is 7.89. The van der Waals surface area contributed by atoms with E-state index in [1.165, 1.54) is 0 Å². The van der Waals surface area contributed by atoms with Gasteiger partial charge in [-0.25, -0.2) is 23.1 Å². The van der Waals surface area contributed by atoms with Crippen LogP contribution >= 0.6 is 0 Å². The second kappa shape index (κ2) is 9.54. The summed E-state index contributed by atoms with van der Waals surface area (Å²) in [5.41, 5.74) is 0.0600. The number of amides is 1. The third-order valence-electron chi connectivity index (χ3n) is 3.12. The SMILES string of the molecule is CC(C)(C)OC(=O)N[C@@H](CCCS(N)(=O)=O)C(=O)OCc1ccccc1. The highest BCUT2D eigenvalue weighted by atomic mass is 32.2. The molecule has 146 valence electrons. The van der Waals surface area contributed by atoms with Crippen molar-refractivity contribution in [1.82, 2.24) is 5.32 Å². The Balaban J connectivity index is 2.68. The molecule has 0 bridgehead atoms. The fourth-order valence-electron chi connectivity index (χ4n) is 2.02. The van der Waals surface area contributed by atoms with Gasteiger partial charge in [-0.15, -0.1) is 0 Å². The minimum absolute atomic E-state index is 0.0430. The Morgan fingerprint density at radius 1 is 1.19 bits per heavy atom. The number of esters is 1. The first-order valence-electron chi connectivity index (χ1n) is 8.17. The van der Waals surface area contributed by atoms with Gasteiger partial charge in [-0.05, 0) is 39.2 Å². The summed E-state index contributed by atoms with van der Waals surface area (Å²) >= 11 is 0. The van der Waals surface area contributed by atoms with Crippen molar-refractivity contribution in [3.05, 3.63) is 35.9 Å². The van der Waals surface area contributed by atoms with Crippen molar-refractivity contribution in [2.75, 3.05) is 5.75 Å². The van der Waals surface area contributed by atoms with Crippen LogP contribution in [-0.2, 0) is 30.9 Å². The van der Waals surface area contributed by atoms with Crippen molar-refractivity contribution in [2.24, 2.45) is 5.14 Å². The molecule has 0 aliphatic rings. The molecule has 0 aliphatic carbocycles. The number of primary sulfonamides is 1. The van der Waals surface area contributed by atoms with E-state index < -0.39 is 33.7 Å². The van der Waals surface area contributed by atoms with Gasteiger partial charge in [-0.3, -0.25) is 0 Å². The highest BCUT2D eigenvalue weighted by Crippen LogP contribution is 2.10. The molecule has 0 radical (unpaired) electrons. The van der Waals surface area contributed by atoms with E-state index in [9.17, 15) is 18.0 Å². The Bertz CT molecular complexity index is 698. The molecule has 0 aliphatic heterocycles. The minimum atomic E-state index is -3.65. The zero-order valence-electron chi connectivity index (χ0n) is 15.2. The van der Waals surface area contributed by atoms with Gasteiger partial charge in [0.1, 0.15) is 18.2 Å². The Labute approximate surface area is 154 Å². The van der Waals surface area contributed by atoms with Crippen molar-refractivity contribution in [1.29, 1.82) is 0 Å². The molecule has 26 heavy (non-hydrogen) atoms. The van der Waals surface area contributed by atoms with Crippen molar-refractivity contribution in [3.63, 3.8) is 0 Å². The van der Waals surface area contributed by atoms with Crippen LogP contribution in [0, 0.1) is 0 Å². The second-order valence-electron chi connectivity index (χ2n) is 6.80. The monoisotopic (exact) mass is 386 g/mol. The lowest BCUT2D eigenvalue weighted by atomic mass is 10.1. The van der Waals surface area contributed by atoms with Crippen LogP contribution in [0.25, 0.3) is 0 Å². The van der Waals surface area contributed by atoms with E-state index in [0.29, 0.717) is 0 Å². The van der Waals surface area contributed by atoms with Gasteiger partial charge in [-0.2, -0.15) is 0 Å². The number of benzene rings is 1. The largest absolute Gasteiger partial charge is 0.459 e. The smallest absolute Gasteiger partial charge is 0.408 e. The second-order valence-corrected chi connectivity index (χ2v) is 8.54. The lowest BCUT2D eigenvalue weighted by Crippen LogP contribution is -2.44. The first-order chi connectivity index (χ1) is 12.0. The van der Waals surface area contributed by atoms with Crippen molar-refractivity contribution in [3.8, 4) is 0 Å². The topological polar surface area (TPSA) is 125 Å². The Kier molecular flexibility index (Phi) is 8.04. The molecule has 9 heteroatoms. The van der Waals surface area contributed by atoms with Crippen LogP contribution in [0.4, 0.5) is 4.79 Å². The fourth-order valence-corrected chi connectivity index (χ4v) is 2.59. The third kappa shape index (κ3) is 10.00. The van der Waals surface area contributed by atoms with E-state index in [-0.39, 0.29) is 25.2 Å². The maximum Gasteiger partial charge on any atom is 0.408 e. The molecule has 1 rings (SSSR count). The fraction of sp³-hybridized carbons (Fsp3) is 0.529. The summed E-state index contributed by atoms with van der Waals surface area (Å²) in [6.07, 6.45) is -0.627. The molecule has 1 atom stereocenters. The number of hydrogen-bond donors (Lipinski definition) is 2. The van der Waals surface area contributed by atoms with Gasteiger partial charge >= 0.3 is 12.1 Å². The van der Waals surface area contributed by atoms with Crippen LogP contribution in [0.1, 0.15) is 39.2 Å². The van der Waals surface area contributed by atoms with E-state index in [1.54, 1.807) is 32.9 Å². The van der Waals surface area contributed by atoms with Gasteiger partial charge in [0.15, 0.2) is 0 Å². The average molecular weight is 386 g/mol. The normalized spacial score (nSPS) is 12.9. The van der Waals surface area contributed by atoms with Gasteiger partial charge in [0.05, 0.1) is 5.75 Å². The van der Waals surface area contributed by atoms with Gasteiger partial charge in [0.2, 0.25) is 10.0 Å². The Hall–Kier alpha value is -2.13. The number of carbonyl (C=O) groups excluding carboxylic acids is 2. The summed E-state index contributed by atoms with van der Waals surface area (Å²) < 4.78 is 32.4. The molecule has 0 unspecified atom stereocenters. The standard InChI is InChI=1S/C17H26N2O6S/c1-17(2,3)25-16(21)19-14(10-7-11-26(18,22)23)15(20)24-12-13-8-5-4-6-9-13/h4-6,8-9,14H,7,10-12H2,1-3H3,(H,19,21)(H2,18,22,23)/t14-/m0/s1. The zero-order valence-corrected chi connectivity index (χ0v) is 16.0.